The molecule has 31 heavy (non-hydrogen) atoms. The van der Waals surface area contributed by atoms with Crippen LogP contribution in [0.5, 0.6) is 0 Å². The van der Waals surface area contributed by atoms with Crippen molar-refractivity contribution in [3.05, 3.63) is 65.2 Å². The third-order valence-electron chi connectivity index (χ3n) is 5.65. The van der Waals surface area contributed by atoms with E-state index in [1.165, 1.54) is 17.3 Å². The average molecular weight is 458 g/mol. The van der Waals surface area contributed by atoms with E-state index in [4.69, 9.17) is 0 Å². The zero-order chi connectivity index (χ0) is 22.0. The second-order valence-corrected chi connectivity index (χ2v) is 11.7. The molecule has 0 unspecified atom stereocenters. The molecule has 8 heteroatoms. The Labute approximate surface area is 187 Å². The first kappa shape index (κ1) is 21.9. The molecule has 2 aliphatic heterocycles. The van der Waals surface area contributed by atoms with Crippen molar-refractivity contribution in [1.82, 2.24) is 5.32 Å². The summed E-state index contributed by atoms with van der Waals surface area (Å²) in [5.74, 6) is 0.199. The topological polar surface area (TPSA) is 87.6 Å². The molecule has 2 aliphatic rings. The molecule has 164 valence electrons. The highest BCUT2D eigenvalue weighted by atomic mass is 32.2. The molecule has 0 bridgehead atoms. The highest BCUT2D eigenvalue weighted by molar-refractivity contribution is 8.15. The number of carbonyl (C=O) groups excluding carboxylic acids is 1. The number of fused-ring (bicyclic) bond motifs is 1. The number of hydrogen-bond acceptors (Lipinski definition) is 6. The molecule has 0 aliphatic carbocycles. The Morgan fingerprint density at radius 1 is 1.19 bits per heavy atom. The molecular formula is C23H27N3O3S2. The van der Waals surface area contributed by atoms with Crippen molar-refractivity contribution in [1.29, 1.82) is 0 Å². The van der Waals surface area contributed by atoms with Gasteiger partial charge in [-0.25, -0.2) is 8.42 Å². The van der Waals surface area contributed by atoms with Crippen LogP contribution in [0.1, 0.15) is 34.8 Å². The fourth-order valence-corrected chi connectivity index (χ4v) is 7.50. The quantitative estimate of drug-likeness (QED) is 0.694. The number of sulfone groups is 1. The summed E-state index contributed by atoms with van der Waals surface area (Å²) in [4.78, 5) is 17.3. The minimum Gasteiger partial charge on any atom is -0.350 e. The van der Waals surface area contributed by atoms with Crippen LogP contribution in [0.25, 0.3) is 0 Å². The van der Waals surface area contributed by atoms with Crippen molar-refractivity contribution in [2.24, 2.45) is 4.99 Å². The Morgan fingerprint density at radius 3 is 2.71 bits per heavy atom. The molecule has 1 saturated heterocycles. The molecule has 0 radical (unpaired) electrons. The van der Waals surface area contributed by atoms with E-state index in [9.17, 15) is 13.2 Å². The number of benzene rings is 2. The predicted molar refractivity (Wildman–Crippen MR) is 128 cm³/mol. The van der Waals surface area contributed by atoms with Gasteiger partial charge in [0.1, 0.15) is 0 Å². The van der Waals surface area contributed by atoms with E-state index in [-0.39, 0.29) is 34.7 Å². The number of nitrogens with zero attached hydrogens (tertiary/aromatic N) is 1. The Hall–Kier alpha value is -2.32. The second-order valence-electron chi connectivity index (χ2n) is 8.29. The first-order valence-electron chi connectivity index (χ1n) is 10.5. The first-order chi connectivity index (χ1) is 14.8. The summed E-state index contributed by atoms with van der Waals surface area (Å²) in [6.45, 7) is 3.99. The summed E-state index contributed by atoms with van der Waals surface area (Å²) in [7, 11) is -2.97. The molecule has 6 nitrogen and oxygen atoms in total. The molecule has 2 aromatic rings. The normalized spacial score (nSPS) is 22.5. The van der Waals surface area contributed by atoms with Gasteiger partial charge in [-0.3, -0.25) is 9.79 Å². The van der Waals surface area contributed by atoms with Gasteiger partial charge in [-0.2, -0.15) is 0 Å². The Morgan fingerprint density at radius 2 is 1.97 bits per heavy atom. The molecule has 0 aromatic heterocycles. The van der Waals surface area contributed by atoms with Gasteiger partial charge < -0.3 is 10.6 Å². The van der Waals surface area contributed by atoms with Crippen molar-refractivity contribution >= 4 is 38.4 Å². The van der Waals surface area contributed by atoms with Crippen molar-refractivity contribution in [3.63, 3.8) is 0 Å². The smallest absolute Gasteiger partial charge is 0.251 e. The Kier molecular flexibility index (Phi) is 6.39. The van der Waals surface area contributed by atoms with Crippen LogP contribution in [-0.2, 0) is 16.3 Å². The lowest BCUT2D eigenvalue weighted by molar-refractivity contribution is 0.0938. The van der Waals surface area contributed by atoms with E-state index in [2.05, 4.69) is 27.8 Å². The minimum atomic E-state index is -2.97. The van der Waals surface area contributed by atoms with Crippen LogP contribution < -0.4 is 10.6 Å². The summed E-state index contributed by atoms with van der Waals surface area (Å²) in [5, 5.41) is 7.09. The number of aliphatic imine (C=N–C) groups is 1. The van der Waals surface area contributed by atoms with Gasteiger partial charge in [0, 0.05) is 22.5 Å². The lowest BCUT2D eigenvalue weighted by Crippen LogP contribution is -2.33. The van der Waals surface area contributed by atoms with Gasteiger partial charge in [0.15, 0.2) is 15.0 Å². The number of carbonyl (C=O) groups is 1. The molecule has 0 saturated carbocycles. The molecule has 1 fully saturated rings. The number of amides is 1. The van der Waals surface area contributed by atoms with Crippen molar-refractivity contribution in [2.75, 3.05) is 16.8 Å². The summed E-state index contributed by atoms with van der Waals surface area (Å²) in [6.07, 6.45) is 1.78. The third kappa shape index (κ3) is 5.49. The zero-order valence-corrected chi connectivity index (χ0v) is 19.3. The fourth-order valence-electron chi connectivity index (χ4n) is 3.84. The summed E-state index contributed by atoms with van der Waals surface area (Å²) < 4.78 is 23.5. The van der Waals surface area contributed by atoms with Gasteiger partial charge in [-0.15, -0.1) is 0 Å². The molecule has 4 rings (SSSR count). The van der Waals surface area contributed by atoms with E-state index >= 15 is 0 Å². The zero-order valence-electron chi connectivity index (χ0n) is 17.7. The van der Waals surface area contributed by atoms with Gasteiger partial charge in [-0.05, 0) is 49.9 Å². The van der Waals surface area contributed by atoms with Crippen molar-refractivity contribution in [3.8, 4) is 0 Å². The monoisotopic (exact) mass is 457 g/mol. The van der Waals surface area contributed by atoms with E-state index in [0.29, 0.717) is 5.56 Å². The van der Waals surface area contributed by atoms with E-state index < -0.39 is 9.84 Å². The van der Waals surface area contributed by atoms with Crippen molar-refractivity contribution < 1.29 is 13.2 Å². The van der Waals surface area contributed by atoms with Crippen molar-refractivity contribution in [2.45, 2.75) is 44.0 Å². The van der Waals surface area contributed by atoms with E-state index in [1.807, 2.05) is 50.2 Å². The highest BCUT2D eigenvalue weighted by Crippen LogP contribution is 2.35. The lowest BCUT2D eigenvalue weighted by atomic mass is 10.1. The first-order valence-corrected chi connectivity index (χ1v) is 13.2. The van der Waals surface area contributed by atoms with E-state index in [0.717, 1.165) is 29.3 Å². The number of thioether (sulfide) groups is 1. The molecule has 2 aromatic carbocycles. The van der Waals surface area contributed by atoms with Crippen LogP contribution in [-0.4, -0.2) is 48.3 Å². The number of rotatable bonds is 6. The predicted octanol–water partition coefficient (Wildman–Crippen LogP) is 3.43. The number of amidine groups is 1. The molecule has 2 N–H and O–H groups in total. The lowest BCUT2D eigenvalue weighted by Gasteiger charge is -2.16. The highest BCUT2D eigenvalue weighted by Gasteiger charge is 2.42. The molecule has 1 amide bonds. The standard InChI is InChI=1S/C23H27N3O3S2/c1-15-8-11-18(22(27)24-16(2)9-10-17-6-4-3-5-7-17)12-19(15)25-23-26-20-13-31(28,29)14-21(20)30-23/h3-8,11-12,16,20-21H,9-10,13-14H2,1-2H3,(H,24,27)(H,25,26)/t16-,20+,21-/m1/s1. The van der Waals surface area contributed by atoms with Gasteiger partial charge >= 0.3 is 0 Å². The third-order valence-corrected chi connectivity index (χ3v) is 8.79. The molecule has 3 atom stereocenters. The molecule has 0 spiro atoms. The number of hydrogen-bond donors (Lipinski definition) is 2. The van der Waals surface area contributed by atoms with E-state index in [1.54, 1.807) is 0 Å². The van der Waals surface area contributed by atoms with Gasteiger partial charge in [0.2, 0.25) is 0 Å². The molecular weight excluding hydrogens is 430 g/mol. The summed E-state index contributed by atoms with van der Waals surface area (Å²) in [5.41, 5.74) is 3.67. The molecule has 2 heterocycles. The Bertz CT molecular complexity index is 1100. The van der Waals surface area contributed by atoms with Gasteiger partial charge in [0.05, 0.1) is 17.5 Å². The van der Waals surface area contributed by atoms with Gasteiger partial charge in [0.25, 0.3) is 5.91 Å². The number of anilines is 1. The Balaban J connectivity index is 1.36. The second kappa shape index (κ2) is 9.04. The maximum absolute atomic E-state index is 12.8. The minimum absolute atomic E-state index is 0.00949. The van der Waals surface area contributed by atoms with Crippen LogP contribution in [0.3, 0.4) is 0 Å². The summed E-state index contributed by atoms with van der Waals surface area (Å²) in [6, 6.07) is 15.7. The SMILES string of the molecule is Cc1ccc(C(=O)N[C@H](C)CCc2ccccc2)cc1NC1=N[C@H]2CS(=O)(=O)C[C@H]2S1. The largest absolute Gasteiger partial charge is 0.350 e. The maximum Gasteiger partial charge on any atom is 0.251 e. The van der Waals surface area contributed by atoms with Crippen LogP contribution in [0.2, 0.25) is 0 Å². The van der Waals surface area contributed by atoms with Gasteiger partial charge in [-0.1, -0.05) is 48.2 Å². The number of nitrogens with one attached hydrogen (secondary N) is 2. The average Bonchev–Trinajstić information content (AvgIpc) is 3.21. The maximum atomic E-state index is 12.8. The fraction of sp³-hybridized carbons (Fsp3) is 0.391. The van der Waals surface area contributed by atoms with Crippen LogP contribution in [0.4, 0.5) is 5.69 Å². The van der Waals surface area contributed by atoms with Crippen LogP contribution in [0.15, 0.2) is 53.5 Å². The van der Waals surface area contributed by atoms with Crippen LogP contribution >= 0.6 is 11.8 Å². The number of aryl methyl sites for hydroxylation is 2. The van der Waals surface area contributed by atoms with Crippen LogP contribution in [0, 0.1) is 6.92 Å². The summed E-state index contributed by atoms with van der Waals surface area (Å²) >= 11 is 1.48.